The van der Waals surface area contributed by atoms with Crippen molar-refractivity contribution in [2.24, 2.45) is 0 Å². The molecule has 0 saturated carbocycles. The molecule has 1 aromatic carbocycles. The molecule has 2 aromatic rings. The van der Waals surface area contributed by atoms with Crippen LogP contribution >= 0.6 is 0 Å². The van der Waals surface area contributed by atoms with E-state index in [1.165, 1.54) is 5.52 Å². The summed E-state index contributed by atoms with van der Waals surface area (Å²) in [6.45, 7) is 1.74. The molecule has 0 atom stereocenters. The summed E-state index contributed by atoms with van der Waals surface area (Å²) in [5, 5.41) is 0. The van der Waals surface area contributed by atoms with Crippen LogP contribution in [0.25, 0.3) is 11.0 Å². The molecular weight excluding hydrogens is 188 g/mol. The van der Waals surface area contributed by atoms with E-state index >= 15 is 0 Å². The van der Waals surface area contributed by atoms with E-state index in [0.29, 0.717) is 6.04 Å². The molecule has 1 aliphatic heterocycles. The molecule has 3 nitrogen and oxygen atoms in total. The van der Waals surface area contributed by atoms with Crippen molar-refractivity contribution in [3.8, 4) is 0 Å². The van der Waals surface area contributed by atoms with Crippen molar-refractivity contribution >= 4 is 11.0 Å². The van der Waals surface area contributed by atoms with Crippen LogP contribution in [0.15, 0.2) is 30.6 Å². The van der Waals surface area contributed by atoms with Gasteiger partial charge in [-0.25, -0.2) is 4.98 Å². The fraction of sp³-hybridized carbons (Fsp3) is 0.417. The molecule has 3 heteroatoms. The summed E-state index contributed by atoms with van der Waals surface area (Å²) in [7, 11) is 0. The van der Waals surface area contributed by atoms with Gasteiger partial charge in [-0.2, -0.15) is 0 Å². The number of rotatable bonds is 1. The Morgan fingerprint density at radius 1 is 1.20 bits per heavy atom. The largest absolute Gasteiger partial charge is 0.381 e. The minimum Gasteiger partial charge on any atom is -0.381 e. The van der Waals surface area contributed by atoms with Crippen molar-refractivity contribution in [1.82, 2.24) is 9.55 Å². The van der Waals surface area contributed by atoms with Crippen LogP contribution in [-0.4, -0.2) is 22.8 Å². The highest BCUT2D eigenvalue weighted by molar-refractivity contribution is 5.75. The number of nitrogens with zero attached hydrogens (tertiary/aromatic N) is 2. The van der Waals surface area contributed by atoms with Crippen LogP contribution < -0.4 is 0 Å². The zero-order valence-corrected chi connectivity index (χ0v) is 8.60. The molecule has 0 bridgehead atoms. The van der Waals surface area contributed by atoms with Crippen molar-refractivity contribution in [2.45, 2.75) is 18.9 Å². The second kappa shape index (κ2) is 3.66. The molecule has 0 N–H and O–H groups in total. The van der Waals surface area contributed by atoms with Gasteiger partial charge in [0.05, 0.1) is 17.4 Å². The van der Waals surface area contributed by atoms with Gasteiger partial charge >= 0.3 is 0 Å². The molecule has 0 spiro atoms. The van der Waals surface area contributed by atoms with Gasteiger partial charge in [-0.05, 0) is 25.0 Å². The average Bonchev–Trinajstić information content (AvgIpc) is 2.74. The number of benzene rings is 1. The first kappa shape index (κ1) is 8.92. The van der Waals surface area contributed by atoms with Crippen LogP contribution in [0.3, 0.4) is 0 Å². The van der Waals surface area contributed by atoms with E-state index in [1.54, 1.807) is 0 Å². The maximum atomic E-state index is 5.38. The molecule has 0 radical (unpaired) electrons. The van der Waals surface area contributed by atoms with Crippen LogP contribution in [-0.2, 0) is 4.74 Å². The van der Waals surface area contributed by atoms with E-state index in [0.717, 1.165) is 31.6 Å². The lowest BCUT2D eigenvalue weighted by molar-refractivity contribution is 0.0706. The Bertz CT molecular complexity index is 457. The quantitative estimate of drug-likeness (QED) is 0.710. The number of imidazole rings is 1. The summed E-state index contributed by atoms with van der Waals surface area (Å²) in [4.78, 5) is 4.42. The summed E-state index contributed by atoms with van der Waals surface area (Å²) >= 11 is 0. The first-order valence-corrected chi connectivity index (χ1v) is 5.44. The molecule has 78 valence electrons. The molecule has 0 aliphatic carbocycles. The van der Waals surface area contributed by atoms with Gasteiger partial charge in [0.2, 0.25) is 0 Å². The Morgan fingerprint density at radius 2 is 2.00 bits per heavy atom. The van der Waals surface area contributed by atoms with Gasteiger partial charge in [-0.15, -0.1) is 0 Å². The zero-order valence-electron chi connectivity index (χ0n) is 8.60. The Balaban J connectivity index is 2.02. The van der Waals surface area contributed by atoms with Gasteiger partial charge in [0.1, 0.15) is 0 Å². The van der Waals surface area contributed by atoms with Crippen molar-refractivity contribution in [3.63, 3.8) is 0 Å². The lowest BCUT2D eigenvalue weighted by Gasteiger charge is -2.23. The molecule has 1 fully saturated rings. The predicted molar refractivity (Wildman–Crippen MR) is 58.8 cm³/mol. The standard InChI is InChI=1S/C12H14N2O/c1-2-4-12-11(3-1)13-9-14(12)10-5-7-15-8-6-10/h1-4,9-10H,5-8H2. The van der Waals surface area contributed by atoms with Crippen LogP contribution in [0.5, 0.6) is 0 Å². The van der Waals surface area contributed by atoms with Gasteiger partial charge in [0.25, 0.3) is 0 Å². The minimum absolute atomic E-state index is 0.561. The summed E-state index contributed by atoms with van der Waals surface area (Å²) in [6, 6.07) is 8.86. The van der Waals surface area contributed by atoms with Gasteiger partial charge in [-0.1, -0.05) is 12.1 Å². The molecule has 1 saturated heterocycles. The molecule has 1 aromatic heterocycles. The highest BCUT2D eigenvalue weighted by Crippen LogP contribution is 2.24. The average molecular weight is 202 g/mol. The van der Waals surface area contributed by atoms with E-state index in [2.05, 4.69) is 27.8 Å². The van der Waals surface area contributed by atoms with E-state index in [9.17, 15) is 0 Å². The van der Waals surface area contributed by atoms with E-state index in [1.807, 2.05) is 12.4 Å². The Morgan fingerprint density at radius 3 is 2.87 bits per heavy atom. The number of aromatic nitrogens is 2. The van der Waals surface area contributed by atoms with Crippen molar-refractivity contribution in [2.75, 3.05) is 13.2 Å². The predicted octanol–water partition coefficient (Wildman–Crippen LogP) is 2.39. The molecular formula is C12H14N2O. The molecule has 15 heavy (non-hydrogen) atoms. The lowest BCUT2D eigenvalue weighted by atomic mass is 10.1. The third-order valence-electron chi connectivity index (χ3n) is 3.07. The monoisotopic (exact) mass is 202 g/mol. The van der Waals surface area contributed by atoms with E-state index < -0.39 is 0 Å². The molecule has 3 rings (SSSR count). The molecule has 1 aliphatic rings. The second-order valence-corrected chi connectivity index (χ2v) is 3.98. The van der Waals surface area contributed by atoms with Gasteiger partial charge < -0.3 is 9.30 Å². The fourth-order valence-electron chi connectivity index (χ4n) is 2.23. The summed E-state index contributed by atoms with van der Waals surface area (Å²) in [6.07, 6.45) is 4.15. The van der Waals surface area contributed by atoms with Crippen LogP contribution in [0, 0.1) is 0 Å². The van der Waals surface area contributed by atoms with Crippen LogP contribution in [0.4, 0.5) is 0 Å². The number of hydrogen-bond acceptors (Lipinski definition) is 2. The number of fused-ring (bicyclic) bond motifs is 1. The maximum absolute atomic E-state index is 5.38. The number of para-hydroxylation sites is 2. The Kier molecular flexibility index (Phi) is 2.18. The molecule has 0 amide bonds. The first-order chi connectivity index (χ1) is 7.45. The number of ether oxygens (including phenoxy) is 1. The van der Waals surface area contributed by atoms with Crippen LogP contribution in [0.1, 0.15) is 18.9 Å². The Labute approximate surface area is 88.7 Å². The fourth-order valence-corrected chi connectivity index (χ4v) is 2.23. The topological polar surface area (TPSA) is 27.1 Å². The third kappa shape index (κ3) is 1.53. The van der Waals surface area contributed by atoms with Crippen molar-refractivity contribution in [1.29, 1.82) is 0 Å². The SMILES string of the molecule is c1ccc2c(c1)ncn2C1CCOCC1. The second-order valence-electron chi connectivity index (χ2n) is 3.98. The maximum Gasteiger partial charge on any atom is 0.0960 e. The highest BCUT2D eigenvalue weighted by Gasteiger charge is 2.16. The highest BCUT2D eigenvalue weighted by atomic mass is 16.5. The smallest absolute Gasteiger partial charge is 0.0960 e. The molecule has 2 heterocycles. The molecule has 0 unspecified atom stereocenters. The van der Waals surface area contributed by atoms with E-state index in [-0.39, 0.29) is 0 Å². The normalized spacial score (nSPS) is 18.4. The Hall–Kier alpha value is -1.35. The van der Waals surface area contributed by atoms with Gasteiger partial charge in [0, 0.05) is 19.3 Å². The van der Waals surface area contributed by atoms with Crippen LogP contribution in [0.2, 0.25) is 0 Å². The first-order valence-electron chi connectivity index (χ1n) is 5.44. The summed E-state index contributed by atoms with van der Waals surface area (Å²) < 4.78 is 7.67. The summed E-state index contributed by atoms with van der Waals surface area (Å²) in [5.41, 5.74) is 2.33. The third-order valence-corrected chi connectivity index (χ3v) is 3.07. The van der Waals surface area contributed by atoms with E-state index in [4.69, 9.17) is 4.74 Å². The van der Waals surface area contributed by atoms with Gasteiger partial charge in [-0.3, -0.25) is 0 Å². The number of hydrogen-bond donors (Lipinski definition) is 0. The minimum atomic E-state index is 0.561. The van der Waals surface area contributed by atoms with Crippen molar-refractivity contribution < 1.29 is 4.74 Å². The lowest BCUT2D eigenvalue weighted by Crippen LogP contribution is -2.18. The van der Waals surface area contributed by atoms with Crippen molar-refractivity contribution in [3.05, 3.63) is 30.6 Å². The zero-order chi connectivity index (χ0) is 10.1. The van der Waals surface area contributed by atoms with Gasteiger partial charge in [0.15, 0.2) is 0 Å². The summed E-state index contributed by atoms with van der Waals surface area (Å²) in [5.74, 6) is 0.